The summed E-state index contributed by atoms with van der Waals surface area (Å²) in [6, 6.07) is 2.46. The van der Waals surface area contributed by atoms with Crippen molar-refractivity contribution in [1.82, 2.24) is 15.2 Å². The van der Waals surface area contributed by atoms with E-state index in [1.807, 2.05) is 0 Å². The summed E-state index contributed by atoms with van der Waals surface area (Å²) in [6.45, 7) is 2.24. The maximum Gasteiger partial charge on any atom is 0.255 e. The monoisotopic (exact) mass is 339 g/mol. The van der Waals surface area contributed by atoms with Gasteiger partial charge in [-0.2, -0.15) is 0 Å². The van der Waals surface area contributed by atoms with Gasteiger partial charge in [-0.05, 0) is 47.8 Å². The lowest BCUT2D eigenvalue weighted by atomic mass is 10.1. The number of carbonyl (C=O) groups excluding carboxylic acids is 1. The number of fused-ring (bicyclic) bond motifs is 1. The molecule has 20 heavy (non-hydrogen) atoms. The maximum atomic E-state index is 12.4. The zero-order valence-electron chi connectivity index (χ0n) is 11.1. The molecule has 0 aliphatic carbocycles. The Bertz CT molecular complexity index is 523. The van der Waals surface area contributed by atoms with Crippen molar-refractivity contribution in [3.05, 3.63) is 22.3 Å². The minimum atomic E-state index is -0.120. The third-order valence-electron chi connectivity index (χ3n) is 4.16. The lowest BCUT2D eigenvalue weighted by Crippen LogP contribution is -2.42. The molecular weight excluding hydrogens is 322 g/mol. The number of hydrazine groups is 1. The molecule has 0 radical (unpaired) electrons. The van der Waals surface area contributed by atoms with Crippen LogP contribution in [0.1, 0.15) is 29.6 Å². The van der Waals surface area contributed by atoms with E-state index < -0.39 is 0 Å². The van der Waals surface area contributed by atoms with Gasteiger partial charge in [-0.3, -0.25) is 9.69 Å². The first-order valence-corrected chi connectivity index (χ1v) is 7.65. The highest BCUT2D eigenvalue weighted by Gasteiger charge is 2.38. The Morgan fingerprint density at radius 3 is 3.10 bits per heavy atom. The molecule has 0 bridgehead atoms. The second-order valence-corrected chi connectivity index (χ2v) is 6.22. The normalized spacial score (nSPS) is 25.5. The molecule has 2 atom stereocenters. The van der Waals surface area contributed by atoms with Crippen LogP contribution in [0.15, 0.2) is 16.7 Å². The van der Waals surface area contributed by atoms with Crippen LogP contribution in [0, 0.1) is 0 Å². The molecular formula is C13H18BrN5O. The molecule has 3 rings (SSSR count). The Morgan fingerprint density at radius 1 is 1.45 bits per heavy atom. The van der Waals surface area contributed by atoms with Gasteiger partial charge in [0.2, 0.25) is 0 Å². The van der Waals surface area contributed by atoms with Crippen LogP contribution in [0.4, 0.5) is 5.82 Å². The van der Waals surface area contributed by atoms with Crippen molar-refractivity contribution >= 4 is 27.7 Å². The summed E-state index contributed by atoms with van der Waals surface area (Å²) in [5.41, 5.74) is 2.94. The average Bonchev–Trinajstić information content (AvgIpc) is 3.03. The van der Waals surface area contributed by atoms with Crippen molar-refractivity contribution in [1.29, 1.82) is 0 Å². The van der Waals surface area contributed by atoms with Gasteiger partial charge in [-0.15, -0.1) is 0 Å². The smallest absolute Gasteiger partial charge is 0.255 e. The molecule has 1 aromatic rings. The van der Waals surface area contributed by atoms with E-state index in [-0.39, 0.29) is 11.9 Å². The first-order valence-electron chi connectivity index (χ1n) is 6.86. The number of anilines is 1. The molecule has 6 nitrogen and oxygen atoms in total. The number of hydrogen-bond acceptors (Lipinski definition) is 5. The second kappa shape index (κ2) is 5.67. The zero-order chi connectivity index (χ0) is 14.1. The minimum absolute atomic E-state index is 0.120. The Labute approximate surface area is 126 Å². The van der Waals surface area contributed by atoms with Crippen molar-refractivity contribution in [2.45, 2.75) is 31.3 Å². The summed E-state index contributed by atoms with van der Waals surface area (Å²) in [7, 11) is 0. The van der Waals surface area contributed by atoms with E-state index in [4.69, 9.17) is 5.84 Å². The molecule has 1 amide bonds. The predicted molar refractivity (Wildman–Crippen MR) is 80.2 cm³/mol. The van der Waals surface area contributed by atoms with Crippen molar-refractivity contribution in [3.63, 3.8) is 0 Å². The van der Waals surface area contributed by atoms with Gasteiger partial charge >= 0.3 is 0 Å². The Hall–Kier alpha value is -1.18. The lowest BCUT2D eigenvalue weighted by Gasteiger charge is -2.21. The Morgan fingerprint density at radius 2 is 2.30 bits per heavy atom. The fourth-order valence-corrected chi connectivity index (χ4v) is 3.56. The van der Waals surface area contributed by atoms with Gasteiger partial charge in [0.05, 0.1) is 5.56 Å². The number of rotatable bonds is 3. The van der Waals surface area contributed by atoms with Gasteiger partial charge in [-0.25, -0.2) is 10.8 Å². The third kappa shape index (κ3) is 2.53. The topological polar surface area (TPSA) is 83.3 Å². The van der Waals surface area contributed by atoms with Crippen molar-refractivity contribution < 1.29 is 4.79 Å². The zero-order valence-corrected chi connectivity index (χ0v) is 12.7. The summed E-state index contributed by atoms with van der Waals surface area (Å²) in [5, 5.41) is 3.13. The molecule has 7 heteroatoms. The number of pyridine rings is 1. The fraction of sp³-hybridized carbons (Fsp3) is 0.538. The standard InChI is InChI=1S/C13H18BrN5O/c14-8-6-9(12(18-15)16-7-8)13(20)17-10-3-5-19-4-1-2-11(10)19/h6-7,10-11H,1-5,15H2,(H,16,18)(H,17,20). The largest absolute Gasteiger partial charge is 0.348 e. The highest BCUT2D eigenvalue weighted by molar-refractivity contribution is 9.10. The van der Waals surface area contributed by atoms with Gasteiger partial charge in [-0.1, -0.05) is 0 Å². The van der Waals surface area contributed by atoms with E-state index in [0.29, 0.717) is 17.4 Å². The summed E-state index contributed by atoms with van der Waals surface area (Å²) in [5.74, 6) is 5.69. The molecule has 108 valence electrons. The Balaban J connectivity index is 1.75. The van der Waals surface area contributed by atoms with Gasteiger partial charge in [0.1, 0.15) is 0 Å². The maximum absolute atomic E-state index is 12.4. The lowest BCUT2D eigenvalue weighted by molar-refractivity contribution is 0.0930. The highest BCUT2D eigenvalue weighted by Crippen LogP contribution is 2.28. The van der Waals surface area contributed by atoms with Gasteiger partial charge in [0.25, 0.3) is 5.91 Å². The van der Waals surface area contributed by atoms with Crippen molar-refractivity contribution in [2.24, 2.45) is 5.84 Å². The van der Waals surface area contributed by atoms with Crippen LogP contribution in [0.25, 0.3) is 0 Å². The van der Waals surface area contributed by atoms with Crippen LogP contribution >= 0.6 is 15.9 Å². The van der Waals surface area contributed by atoms with Gasteiger partial charge in [0.15, 0.2) is 5.82 Å². The van der Waals surface area contributed by atoms with Crippen LogP contribution in [0.3, 0.4) is 0 Å². The molecule has 2 saturated heterocycles. The molecule has 2 fully saturated rings. The van der Waals surface area contributed by atoms with Gasteiger partial charge in [0, 0.05) is 29.3 Å². The number of nitrogens with zero attached hydrogens (tertiary/aromatic N) is 2. The van der Waals surface area contributed by atoms with Gasteiger partial charge < -0.3 is 10.7 Å². The highest BCUT2D eigenvalue weighted by atomic mass is 79.9. The quantitative estimate of drug-likeness (QED) is 0.567. The van der Waals surface area contributed by atoms with E-state index in [1.165, 1.54) is 12.8 Å². The van der Waals surface area contributed by atoms with Crippen molar-refractivity contribution in [3.8, 4) is 0 Å². The van der Waals surface area contributed by atoms with Crippen LogP contribution < -0.4 is 16.6 Å². The number of hydrogen-bond donors (Lipinski definition) is 3. The second-order valence-electron chi connectivity index (χ2n) is 5.31. The molecule has 1 aromatic heterocycles. The summed E-state index contributed by atoms with van der Waals surface area (Å²) >= 11 is 3.33. The number of aromatic nitrogens is 1. The van der Waals surface area contributed by atoms with Crippen molar-refractivity contribution in [2.75, 3.05) is 18.5 Å². The SMILES string of the molecule is NNc1ncc(Br)cc1C(=O)NC1CCN2CCCC12. The van der Waals surface area contributed by atoms with E-state index in [2.05, 4.69) is 36.6 Å². The minimum Gasteiger partial charge on any atom is -0.348 e. The number of amides is 1. The fourth-order valence-electron chi connectivity index (χ4n) is 3.22. The van der Waals surface area contributed by atoms with E-state index in [1.54, 1.807) is 12.3 Å². The number of nitrogens with one attached hydrogen (secondary N) is 2. The molecule has 2 aliphatic heterocycles. The van der Waals surface area contributed by atoms with Crippen LogP contribution in [0.2, 0.25) is 0 Å². The molecule has 2 aliphatic rings. The molecule has 4 N–H and O–H groups in total. The number of carbonyl (C=O) groups is 1. The predicted octanol–water partition coefficient (Wildman–Crippen LogP) is 1.10. The number of halogens is 1. The Kier molecular flexibility index (Phi) is 3.91. The molecule has 0 spiro atoms. The van der Waals surface area contributed by atoms with E-state index >= 15 is 0 Å². The van der Waals surface area contributed by atoms with E-state index in [0.717, 1.165) is 24.0 Å². The number of nitrogen functional groups attached to an aromatic ring is 1. The molecule has 2 unspecified atom stereocenters. The summed E-state index contributed by atoms with van der Waals surface area (Å²) < 4.78 is 0.760. The van der Waals surface area contributed by atoms with Crippen LogP contribution in [0.5, 0.6) is 0 Å². The number of nitrogens with two attached hydrogens (primary N) is 1. The van der Waals surface area contributed by atoms with Crippen LogP contribution in [-0.2, 0) is 0 Å². The summed E-state index contributed by atoms with van der Waals surface area (Å²) in [6.07, 6.45) is 5.03. The summed E-state index contributed by atoms with van der Waals surface area (Å²) in [4.78, 5) is 19.0. The molecule has 3 heterocycles. The molecule has 0 aromatic carbocycles. The molecule has 0 saturated carbocycles. The van der Waals surface area contributed by atoms with E-state index in [9.17, 15) is 4.79 Å². The first kappa shape index (κ1) is 13.8. The average molecular weight is 340 g/mol. The first-order chi connectivity index (χ1) is 9.69. The van der Waals surface area contributed by atoms with Crippen LogP contribution in [-0.4, -0.2) is 41.0 Å². The third-order valence-corrected chi connectivity index (χ3v) is 4.59.